The van der Waals surface area contributed by atoms with Crippen molar-refractivity contribution in [1.29, 1.82) is 0 Å². The average Bonchev–Trinajstić information content (AvgIpc) is 3.35. The van der Waals surface area contributed by atoms with Crippen molar-refractivity contribution in [2.24, 2.45) is 0 Å². The zero-order valence-corrected chi connectivity index (χ0v) is 18.7. The fourth-order valence-corrected chi connectivity index (χ4v) is 4.50. The number of amides is 1. The number of ketones is 1. The van der Waals surface area contributed by atoms with E-state index in [-0.39, 0.29) is 11.3 Å². The van der Waals surface area contributed by atoms with Crippen LogP contribution in [-0.2, 0) is 4.79 Å². The molecule has 1 atom stereocenters. The summed E-state index contributed by atoms with van der Waals surface area (Å²) >= 11 is 0. The molecule has 0 aliphatic carbocycles. The maximum absolute atomic E-state index is 13.3. The summed E-state index contributed by atoms with van der Waals surface area (Å²) in [6.45, 7) is 7.35. The Labute approximate surface area is 188 Å². The van der Waals surface area contributed by atoms with Crippen molar-refractivity contribution < 1.29 is 23.8 Å². The van der Waals surface area contributed by atoms with Crippen LogP contribution in [0, 0.1) is 6.92 Å². The van der Waals surface area contributed by atoms with Crippen LogP contribution in [0.5, 0.6) is 5.75 Å². The van der Waals surface area contributed by atoms with Crippen LogP contribution in [0.25, 0.3) is 0 Å². The first-order valence-electron chi connectivity index (χ1n) is 11.3. The topological polar surface area (TPSA) is 83.2 Å². The molecule has 0 bridgehead atoms. The van der Waals surface area contributed by atoms with Gasteiger partial charge in [0, 0.05) is 13.1 Å². The third kappa shape index (κ3) is 4.43. The molecule has 7 heteroatoms. The first kappa shape index (κ1) is 22.1. The van der Waals surface area contributed by atoms with E-state index < -0.39 is 23.5 Å². The first-order chi connectivity index (χ1) is 15.5. The van der Waals surface area contributed by atoms with Crippen molar-refractivity contribution in [3.05, 3.63) is 64.8 Å². The molecule has 4 rings (SSSR count). The van der Waals surface area contributed by atoms with Gasteiger partial charge in [0.1, 0.15) is 11.5 Å². The number of furan rings is 1. The predicted octanol–water partition coefficient (Wildman–Crippen LogP) is 4.05. The Morgan fingerprint density at radius 2 is 1.81 bits per heavy atom. The highest BCUT2D eigenvalue weighted by Gasteiger charge is 2.44. The normalized spacial score (nSPS) is 19.6. The summed E-state index contributed by atoms with van der Waals surface area (Å²) in [7, 11) is 0. The molecule has 3 heterocycles. The number of benzene rings is 1. The zero-order chi connectivity index (χ0) is 22.7. The SMILES string of the molecule is CCOc1ccc(C2C(C(=O)c3ccc(C)o3)=C(O)C(=O)N2CCN2CCCCC2)cc1. The van der Waals surface area contributed by atoms with Crippen LogP contribution in [0.15, 0.2) is 52.1 Å². The van der Waals surface area contributed by atoms with Gasteiger partial charge in [-0.05, 0) is 69.6 Å². The van der Waals surface area contributed by atoms with Crippen LogP contribution in [0.1, 0.15) is 54.1 Å². The number of Topliss-reactive ketones (excluding diaryl/α,β-unsaturated/α-hetero) is 1. The van der Waals surface area contributed by atoms with Gasteiger partial charge in [-0.2, -0.15) is 0 Å². The van der Waals surface area contributed by atoms with Gasteiger partial charge in [0.25, 0.3) is 5.91 Å². The van der Waals surface area contributed by atoms with Gasteiger partial charge in [-0.3, -0.25) is 9.59 Å². The lowest BCUT2D eigenvalue weighted by atomic mass is 9.95. The minimum atomic E-state index is -0.680. The number of ether oxygens (including phenoxy) is 1. The summed E-state index contributed by atoms with van der Waals surface area (Å²) in [5, 5.41) is 10.8. The lowest BCUT2D eigenvalue weighted by molar-refractivity contribution is -0.129. The Kier molecular flexibility index (Phi) is 6.65. The molecule has 2 aliphatic rings. The number of likely N-dealkylation sites (tertiary alicyclic amines) is 1. The third-order valence-electron chi connectivity index (χ3n) is 6.13. The molecule has 1 fully saturated rings. The molecule has 1 aromatic carbocycles. The molecule has 1 aromatic heterocycles. The number of aliphatic hydroxyl groups is 1. The van der Waals surface area contributed by atoms with Crippen LogP contribution in [-0.4, -0.2) is 59.4 Å². The van der Waals surface area contributed by atoms with E-state index in [4.69, 9.17) is 9.15 Å². The van der Waals surface area contributed by atoms with Gasteiger partial charge in [-0.1, -0.05) is 18.6 Å². The maximum Gasteiger partial charge on any atom is 0.290 e. The summed E-state index contributed by atoms with van der Waals surface area (Å²) in [5.41, 5.74) is 0.809. The molecule has 0 saturated carbocycles. The summed E-state index contributed by atoms with van der Waals surface area (Å²) in [5.74, 6) is -0.0661. The number of carbonyl (C=O) groups is 2. The van der Waals surface area contributed by atoms with Gasteiger partial charge in [-0.25, -0.2) is 0 Å². The van der Waals surface area contributed by atoms with Crippen LogP contribution < -0.4 is 4.74 Å². The van der Waals surface area contributed by atoms with Crippen LogP contribution >= 0.6 is 0 Å². The lowest BCUT2D eigenvalue weighted by Crippen LogP contribution is -2.40. The number of aliphatic hydroxyl groups excluding tert-OH is 1. The Morgan fingerprint density at radius 3 is 2.44 bits per heavy atom. The van der Waals surface area contributed by atoms with Gasteiger partial charge < -0.3 is 24.1 Å². The third-order valence-corrected chi connectivity index (χ3v) is 6.13. The Balaban J connectivity index is 1.66. The van der Waals surface area contributed by atoms with Crippen LogP contribution in [0.4, 0.5) is 0 Å². The summed E-state index contributed by atoms with van der Waals surface area (Å²) in [4.78, 5) is 30.3. The van der Waals surface area contributed by atoms with E-state index >= 15 is 0 Å². The zero-order valence-electron chi connectivity index (χ0n) is 18.7. The predicted molar refractivity (Wildman–Crippen MR) is 120 cm³/mol. The molecular weight excluding hydrogens is 408 g/mol. The monoisotopic (exact) mass is 438 g/mol. The van der Waals surface area contributed by atoms with E-state index in [2.05, 4.69) is 4.90 Å². The molecule has 2 aliphatic heterocycles. The minimum Gasteiger partial charge on any atom is -0.503 e. The average molecular weight is 439 g/mol. The molecule has 1 saturated heterocycles. The number of carbonyl (C=O) groups excluding carboxylic acids is 2. The number of piperidine rings is 1. The number of aryl methyl sites for hydroxylation is 1. The van der Waals surface area contributed by atoms with Crippen molar-refractivity contribution in [3.8, 4) is 5.75 Å². The molecule has 170 valence electrons. The molecule has 0 radical (unpaired) electrons. The maximum atomic E-state index is 13.3. The van der Waals surface area contributed by atoms with E-state index in [0.29, 0.717) is 31.2 Å². The molecule has 1 unspecified atom stereocenters. The fourth-order valence-electron chi connectivity index (χ4n) is 4.50. The van der Waals surface area contributed by atoms with Gasteiger partial charge in [0.15, 0.2) is 11.5 Å². The molecule has 7 nitrogen and oxygen atoms in total. The quantitative estimate of drug-likeness (QED) is 0.626. The lowest BCUT2D eigenvalue weighted by Gasteiger charge is -2.31. The van der Waals surface area contributed by atoms with Gasteiger partial charge in [0.2, 0.25) is 5.78 Å². The number of rotatable bonds is 8. The van der Waals surface area contributed by atoms with Crippen molar-refractivity contribution in [2.75, 3.05) is 32.8 Å². The molecular formula is C25H30N2O5. The van der Waals surface area contributed by atoms with Crippen LogP contribution in [0.2, 0.25) is 0 Å². The van der Waals surface area contributed by atoms with E-state index in [9.17, 15) is 14.7 Å². The first-order valence-corrected chi connectivity index (χ1v) is 11.3. The molecule has 2 aromatic rings. The summed E-state index contributed by atoms with van der Waals surface area (Å²) in [6.07, 6.45) is 3.54. The fraction of sp³-hybridized carbons (Fsp3) is 0.440. The van der Waals surface area contributed by atoms with Gasteiger partial charge in [0.05, 0.1) is 18.2 Å². The second-order valence-corrected chi connectivity index (χ2v) is 8.31. The second kappa shape index (κ2) is 9.61. The molecule has 32 heavy (non-hydrogen) atoms. The molecule has 1 N–H and O–H groups in total. The highest BCUT2D eigenvalue weighted by atomic mass is 16.5. The van der Waals surface area contributed by atoms with Gasteiger partial charge >= 0.3 is 0 Å². The van der Waals surface area contributed by atoms with Crippen molar-refractivity contribution in [3.63, 3.8) is 0 Å². The Bertz CT molecular complexity index is 1000. The Hall–Kier alpha value is -3.06. The van der Waals surface area contributed by atoms with E-state index in [1.165, 1.54) is 6.42 Å². The highest BCUT2D eigenvalue weighted by molar-refractivity contribution is 6.15. The standard InChI is InChI=1S/C25H30N2O5/c1-3-31-19-10-8-18(9-11-19)22-21(23(28)20-12-7-17(2)32-20)24(29)25(30)27(22)16-15-26-13-5-4-6-14-26/h7-12,22,29H,3-6,13-16H2,1-2H3. The molecule has 1 amide bonds. The summed E-state index contributed by atoms with van der Waals surface area (Å²) in [6, 6.07) is 9.92. The number of nitrogens with zero attached hydrogens (tertiary/aromatic N) is 2. The van der Waals surface area contributed by atoms with Crippen molar-refractivity contribution >= 4 is 11.7 Å². The second-order valence-electron chi connectivity index (χ2n) is 8.31. The number of hydrogen-bond acceptors (Lipinski definition) is 6. The number of hydrogen-bond donors (Lipinski definition) is 1. The van der Waals surface area contributed by atoms with Crippen LogP contribution in [0.3, 0.4) is 0 Å². The summed E-state index contributed by atoms with van der Waals surface area (Å²) < 4.78 is 11.0. The highest BCUT2D eigenvalue weighted by Crippen LogP contribution is 2.39. The van der Waals surface area contributed by atoms with E-state index in [1.807, 2.05) is 31.2 Å². The minimum absolute atomic E-state index is 0.0622. The largest absolute Gasteiger partial charge is 0.503 e. The molecule has 0 spiro atoms. The van der Waals surface area contributed by atoms with Crippen molar-refractivity contribution in [1.82, 2.24) is 9.80 Å². The van der Waals surface area contributed by atoms with Crippen molar-refractivity contribution in [2.45, 2.75) is 39.2 Å². The van der Waals surface area contributed by atoms with E-state index in [1.54, 1.807) is 24.0 Å². The smallest absolute Gasteiger partial charge is 0.290 e. The Morgan fingerprint density at radius 1 is 1.09 bits per heavy atom. The van der Waals surface area contributed by atoms with E-state index in [0.717, 1.165) is 31.5 Å². The van der Waals surface area contributed by atoms with Gasteiger partial charge in [-0.15, -0.1) is 0 Å².